The summed E-state index contributed by atoms with van der Waals surface area (Å²) in [6.45, 7) is 1.94. The van der Waals surface area contributed by atoms with Gasteiger partial charge in [0.15, 0.2) is 28.9 Å². The van der Waals surface area contributed by atoms with E-state index in [2.05, 4.69) is 25.7 Å². The highest BCUT2D eigenvalue weighted by atomic mass is 32.2. The van der Waals surface area contributed by atoms with E-state index < -0.39 is 0 Å². The molecule has 0 aliphatic rings. The van der Waals surface area contributed by atoms with Crippen LogP contribution < -0.4 is 20.1 Å². The second-order valence-electron chi connectivity index (χ2n) is 6.37. The molecule has 0 atom stereocenters. The number of nitrogens with one attached hydrogen (secondary N) is 2. The third-order valence-electron chi connectivity index (χ3n) is 4.33. The van der Waals surface area contributed by atoms with Gasteiger partial charge in [-0.1, -0.05) is 23.9 Å². The molecule has 166 valence electrons. The van der Waals surface area contributed by atoms with E-state index in [4.69, 9.17) is 14.2 Å². The average molecular weight is 447 g/mol. The monoisotopic (exact) mass is 446 g/mol. The van der Waals surface area contributed by atoms with Gasteiger partial charge in [-0.2, -0.15) is 5.10 Å². The molecule has 31 heavy (non-hydrogen) atoms. The molecule has 2 aromatic heterocycles. The number of aromatic nitrogens is 4. The summed E-state index contributed by atoms with van der Waals surface area (Å²) in [5.41, 5.74) is 0.707. The van der Waals surface area contributed by atoms with E-state index in [1.165, 1.54) is 11.8 Å². The minimum atomic E-state index is -0.233. The van der Waals surface area contributed by atoms with Gasteiger partial charge in [-0.3, -0.25) is 4.79 Å². The number of carbonyl (C=O) groups is 1. The van der Waals surface area contributed by atoms with Crippen LogP contribution in [0.1, 0.15) is 0 Å². The Morgan fingerprint density at radius 1 is 1.16 bits per heavy atom. The number of methoxy groups -OCH3 is 2. The molecule has 2 heterocycles. The van der Waals surface area contributed by atoms with E-state index in [0.717, 1.165) is 5.39 Å². The predicted octanol–water partition coefficient (Wildman–Crippen LogP) is 1.81. The normalized spacial score (nSPS) is 10.8. The van der Waals surface area contributed by atoms with Crippen LogP contribution in [0, 0.1) is 0 Å². The number of hydrogen-bond donors (Lipinski definition) is 2. The number of ether oxygens (including phenoxy) is 3. The van der Waals surface area contributed by atoms with Gasteiger partial charge in [0.25, 0.3) is 5.91 Å². The molecule has 3 rings (SSSR count). The molecule has 0 saturated carbocycles. The largest absolute Gasteiger partial charge is 0.493 e. The molecule has 0 saturated heterocycles. The number of rotatable bonds is 12. The first kappa shape index (κ1) is 22.6. The van der Waals surface area contributed by atoms with Gasteiger partial charge in [-0.05, 0) is 18.4 Å². The van der Waals surface area contributed by atoms with Crippen molar-refractivity contribution >= 4 is 34.5 Å². The molecule has 0 unspecified atom stereocenters. The third kappa shape index (κ3) is 5.98. The average Bonchev–Trinajstić information content (AvgIpc) is 3.21. The molecule has 0 bridgehead atoms. The van der Waals surface area contributed by atoms with Gasteiger partial charge in [-0.15, -0.1) is 0 Å². The van der Waals surface area contributed by atoms with Crippen LogP contribution in [0.5, 0.6) is 11.5 Å². The number of hydrogen-bond acceptors (Lipinski definition) is 9. The van der Waals surface area contributed by atoms with E-state index in [1.807, 2.05) is 18.4 Å². The molecule has 0 fully saturated rings. The van der Waals surface area contributed by atoms with Gasteiger partial charge >= 0.3 is 0 Å². The second-order valence-corrected chi connectivity index (χ2v) is 7.15. The first-order valence-electron chi connectivity index (χ1n) is 9.69. The highest BCUT2D eigenvalue weighted by Gasteiger charge is 2.13. The Hall–Kier alpha value is -3.05. The Kier molecular flexibility index (Phi) is 8.30. The van der Waals surface area contributed by atoms with Crippen LogP contribution in [0.2, 0.25) is 0 Å². The number of benzene rings is 1. The summed E-state index contributed by atoms with van der Waals surface area (Å²) in [7, 11) is 3.21. The molecule has 3 aromatic rings. The number of amides is 1. The number of carbonyl (C=O) groups excluding carboxylic acids is 1. The molecule has 2 N–H and O–H groups in total. The Morgan fingerprint density at radius 2 is 1.97 bits per heavy atom. The second kappa shape index (κ2) is 11.4. The van der Waals surface area contributed by atoms with Crippen molar-refractivity contribution in [3.05, 3.63) is 30.5 Å². The van der Waals surface area contributed by atoms with E-state index in [1.54, 1.807) is 37.2 Å². The fourth-order valence-electron chi connectivity index (χ4n) is 2.83. The van der Waals surface area contributed by atoms with Crippen molar-refractivity contribution < 1.29 is 19.0 Å². The SMILES string of the molecule is COCCNc1nc(SC)nc2c1cnn2CCNC(=O)COc1ccccc1OC. The molecule has 1 aromatic carbocycles. The number of para-hydroxylation sites is 2. The van der Waals surface area contributed by atoms with Crippen molar-refractivity contribution in [2.24, 2.45) is 0 Å². The molecular weight excluding hydrogens is 420 g/mol. The predicted molar refractivity (Wildman–Crippen MR) is 119 cm³/mol. The van der Waals surface area contributed by atoms with E-state index in [-0.39, 0.29) is 12.5 Å². The van der Waals surface area contributed by atoms with Crippen molar-refractivity contribution in [2.75, 3.05) is 52.1 Å². The summed E-state index contributed by atoms with van der Waals surface area (Å²) in [6.07, 6.45) is 3.64. The van der Waals surface area contributed by atoms with Crippen molar-refractivity contribution in [1.82, 2.24) is 25.1 Å². The summed E-state index contributed by atoms with van der Waals surface area (Å²) in [4.78, 5) is 21.2. The van der Waals surface area contributed by atoms with Crippen LogP contribution in [0.3, 0.4) is 0 Å². The lowest BCUT2D eigenvalue weighted by Crippen LogP contribution is -2.31. The number of nitrogens with zero attached hydrogens (tertiary/aromatic N) is 4. The molecule has 10 nitrogen and oxygen atoms in total. The smallest absolute Gasteiger partial charge is 0.258 e. The Bertz CT molecular complexity index is 1010. The van der Waals surface area contributed by atoms with Crippen LogP contribution in [0.15, 0.2) is 35.6 Å². The Morgan fingerprint density at radius 3 is 2.71 bits per heavy atom. The van der Waals surface area contributed by atoms with E-state index in [0.29, 0.717) is 54.4 Å². The number of fused-ring (bicyclic) bond motifs is 1. The summed E-state index contributed by atoms with van der Waals surface area (Å²) in [5, 5.41) is 12.0. The van der Waals surface area contributed by atoms with Crippen molar-refractivity contribution in [3.8, 4) is 11.5 Å². The van der Waals surface area contributed by atoms with Crippen LogP contribution >= 0.6 is 11.8 Å². The van der Waals surface area contributed by atoms with Crippen LogP contribution in [-0.4, -0.2) is 72.4 Å². The first-order chi connectivity index (χ1) is 15.2. The van der Waals surface area contributed by atoms with Gasteiger partial charge in [0.2, 0.25) is 0 Å². The molecule has 0 spiro atoms. The van der Waals surface area contributed by atoms with E-state index >= 15 is 0 Å². The van der Waals surface area contributed by atoms with Crippen molar-refractivity contribution in [1.29, 1.82) is 0 Å². The fourth-order valence-corrected chi connectivity index (χ4v) is 3.19. The van der Waals surface area contributed by atoms with Gasteiger partial charge < -0.3 is 24.8 Å². The molecule has 0 aliphatic heterocycles. The fraction of sp³-hybridized carbons (Fsp3) is 0.400. The summed E-state index contributed by atoms with van der Waals surface area (Å²) in [5.74, 6) is 1.58. The zero-order chi connectivity index (χ0) is 22.1. The first-order valence-corrected chi connectivity index (χ1v) is 10.9. The Labute approximate surface area is 184 Å². The maximum atomic E-state index is 12.2. The lowest BCUT2D eigenvalue weighted by atomic mass is 10.3. The number of thioether (sulfide) groups is 1. The van der Waals surface area contributed by atoms with E-state index in [9.17, 15) is 4.79 Å². The molecule has 11 heteroatoms. The molecule has 0 aliphatic carbocycles. The zero-order valence-electron chi connectivity index (χ0n) is 17.8. The number of anilines is 1. The third-order valence-corrected chi connectivity index (χ3v) is 4.88. The Balaban J connectivity index is 1.58. The maximum absolute atomic E-state index is 12.2. The molecular formula is C20H26N6O4S. The van der Waals surface area contributed by atoms with Gasteiger partial charge in [0.05, 0.1) is 31.8 Å². The quantitative estimate of drug-likeness (QED) is 0.244. The van der Waals surface area contributed by atoms with Crippen LogP contribution in [0.4, 0.5) is 5.82 Å². The summed E-state index contributed by atoms with van der Waals surface area (Å²) >= 11 is 1.45. The van der Waals surface area contributed by atoms with Gasteiger partial charge in [-0.25, -0.2) is 14.6 Å². The standard InChI is InChI=1S/C20H26N6O4S/c1-28-11-9-22-18-14-12-23-26(19(14)25-20(24-18)31-3)10-8-21-17(27)13-30-16-7-5-4-6-15(16)29-2/h4-7,12H,8-11,13H2,1-3H3,(H,21,27)(H,22,24,25). The maximum Gasteiger partial charge on any atom is 0.258 e. The molecule has 1 amide bonds. The minimum Gasteiger partial charge on any atom is -0.493 e. The minimum absolute atomic E-state index is 0.105. The topological polar surface area (TPSA) is 112 Å². The summed E-state index contributed by atoms with van der Waals surface area (Å²) in [6, 6.07) is 7.19. The van der Waals surface area contributed by atoms with Crippen LogP contribution in [-0.2, 0) is 16.1 Å². The van der Waals surface area contributed by atoms with Gasteiger partial charge in [0.1, 0.15) is 5.82 Å². The summed E-state index contributed by atoms with van der Waals surface area (Å²) < 4.78 is 17.6. The lowest BCUT2D eigenvalue weighted by molar-refractivity contribution is -0.123. The highest BCUT2D eigenvalue weighted by molar-refractivity contribution is 7.98. The lowest BCUT2D eigenvalue weighted by Gasteiger charge is -2.11. The molecule has 0 radical (unpaired) electrons. The van der Waals surface area contributed by atoms with Gasteiger partial charge in [0, 0.05) is 20.2 Å². The van der Waals surface area contributed by atoms with Crippen LogP contribution in [0.25, 0.3) is 11.0 Å². The highest BCUT2D eigenvalue weighted by Crippen LogP contribution is 2.25. The van der Waals surface area contributed by atoms with Crippen molar-refractivity contribution in [3.63, 3.8) is 0 Å². The van der Waals surface area contributed by atoms with Crippen molar-refractivity contribution in [2.45, 2.75) is 11.7 Å². The zero-order valence-corrected chi connectivity index (χ0v) is 18.6.